The van der Waals surface area contributed by atoms with Crippen LogP contribution in [0.3, 0.4) is 0 Å². The molecule has 1 aliphatic rings. The van der Waals surface area contributed by atoms with Crippen molar-refractivity contribution in [1.82, 2.24) is 5.32 Å². The standard InChI is InChI=1S/C24H22BrClN2O3/c1-30-21-11-8-15(12-18(21)25)24-27-19(14-6-9-16(26)10-7-14)13-20(28-24)17-4-3-5-22(31-2)23(17)29/h3-12,20,24,28-29H,13H2,1-2H3. The van der Waals surface area contributed by atoms with Crippen molar-refractivity contribution in [2.45, 2.75) is 18.6 Å². The molecule has 0 saturated carbocycles. The molecule has 4 rings (SSSR count). The number of methoxy groups -OCH3 is 2. The van der Waals surface area contributed by atoms with Crippen LogP contribution in [-0.2, 0) is 0 Å². The maximum absolute atomic E-state index is 10.8. The summed E-state index contributed by atoms with van der Waals surface area (Å²) in [4.78, 5) is 4.98. The largest absolute Gasteiger partial charge is 0.504 e. The van der Waals surface area contributed by atoms with Crippen LogP contribution < -0.4 is 14.8 Å². The molecule has 0 bridgehead atoms. The van der Waals surface area contributed by atoms with E-state index in [-0.39, 0.29) is 18.0 Å². The Kier molecular flexibility index (Phi) is 6.51. The summed E-state index contributed by atoms with van der Waals surface area (Å²) in [7, 11) is 3.18. The van der Waals surface area contributed by atoms with E-state index in [4.69, 9.17) is 26.1 Å². The maximum Gasteiger partial charge on any atom is 0.162 e. The van der Waals surface area contributed by atoms with Gasteiger partial charge in [-0.1, -0.05) is 41.9 Å². The zero-order chi connectivity index (χ0) is 22.0. The summed E-state index contributed by atoms with van der Waals surface area (Å²) in [6.07, 6.45) is 0.299. The van der Waals surface area contributed by atoms with Crippen LogP contribution in [0.5, 0.6) is 17.2 Å². The fraction of sp³-hybridized carbons (Fsp3) is 0.208. The van der Waals surface area contributed by atoms with Crippen molar-refractivity contribution in [2.75, 3.05) is 14.2 Å². The smallest absolute Gasteiger partial charge is 0.162 e. The Morgan fingerprint density at radius 1 is 1.03 bits per heavy atom. The average Bonchev–Trinajstić information content (AvgIpc) is 2.79. The summed E-state index contributed by atoms with van der Waals surface area (Å²) in [5.74, 6) is 1.33. The van der Waals surface area contributed by atoms with E-state index in [1.807, 2.05) is 54.6 Å². The van der Waals surface area contributed by atoms with E-state index >= 15 is 0 Å². The topological polar surface area (TPSA) is 63.1 Å². The monoisotopic (exact) mass is 500 g/mol. The van der Waals surface area contributed by atoms with E-state index in [1.54, 1.807) is 20.3 Å². The third kappa shape index (κ3) is 4.56. The number of halogens is 2. The third-order valence-corrected chi connectivity index (χ3v) is 6.21. The van der Waals surface area contributed by atoms with E-state index in [9.17, 15) is 5.11 Å². The molecule has 1 aliphatic heterocycles. The van der Waals surface area contributed by atoms with Crippen LogP contribution in [0.4, 0.5) is 0 Å². The van der Waals surface area contributed by atoms with Gasteiger partial charge in [0, 0.05) is 28.8 Å². The second kappa shape index (κ2) is 9.30. The first kappa shape index (κ1) is 21.7. The molecule has 0 aromatic heterocycles. The summed E-state index contributed by atoms with van der Waals surface area (Å²) >= 11 is 9.64. The first-order valence-electron chi connectivity index (χ1n) is 9.78. The summed E-state index contributed by atoms with van der Waals surface area (Å²) < 4.78 is 11.5. The van der Waals surface area contributed by atoms with Gasteiger partial charge in [0.25, 0.3) is 0 Å². The fourth-order valence-electron chi connectivity index (χ4n) is 3.73. The van der Waals surface area contributed by atoms with Crippen LogP contribution in [0.2, 0.25) is 5.02 Å². The molecule has 0 spiro atoms. The number of nitrogens with one attached hydrogen (secondary N) is 1. The molecule has 2 N–H and O–H groups in total. The van der Waals surface area contributed by atoms with Crippen LogP contribution in [0.25, 0.3) is 0 Å². The fourth-order valence-corrected chi connectivity index (χ4v) is 4.42. The van der Waals surface area contributed by atoms with Gasteiger partial charge < -0.3 is 14.6 Å². The van der Waals surface area contributed by atoms with E-state index in [1.165, 1.54) is 0 Å². The molecule has 31 heavy (non-hydrogen) atoms. The van der Waals surface area contributed by atoms with Gasteiger partial charge in [0.05, 0.1) is 18.7 Å². The molecule has 5 nitrogen and oxygen atoms in total. The molecule has 7 heteroatoms. The Morgan fingerprint density at radius 3 is 2.45 bits per heavy atom. The first-order chi connectivity index (χ1) is 15.0. The Labute approximate surface area is 194 Å². The highest BCUT2D eigenvalue weighted by atomic mass is 79.9. The highest BCUT2D eigenvalue weighted by Gasteiger charge is 2.28. The van der Waals surface area contributed by atoms with Gasteiger partial charge >= 0.3 is 0 Å². The minimum atomic E-state index is -0.308. The Balaban J connectivity index is 1.77. The number of phenols is 1. The van der Waals surface area contributed by atoms with Gasteiger partial charge in [-0.15, -0.1) is 0 Å². The van der Waals surface area contributed by atoms with Crippen LogP contribution in [0.15, 0.2) is 70.1 Å². The molecule has 3 aromatic rings. The van der Waals surface area contributed by atoms with Crippen LogP contribution in [-0.4, -0.2) is 25.0 Å². The van der Waals surface area contributed by atoms with Crippen LogP contribution in [0, 0.1) is 0 Å². The average molecular weight is 502 g/mol. The molecule has 0 saturated heterocycles. The first-order valence-corrected chi connectivity index (χ1v) is 10.9. The number of aliphatic imine (C=N–C) groups is 1. The lowest BCUT2D eigenvalue weighted by atomic mass is 9.93. The van der Waals surface area contributed by atoms with Gasteiger partial charge in [0.2, 0.25) is 0 Å². The molecule has 2 atom stereocenters. The third-order valence-electron chi connectivity index (χ3n) is 5.34. The van der Waals surface area contributed by atoms with E-state index in [0.717, 1.165) is 32.6 Å². The van der Waals surface area contributed by atoms with Crippen molar-refractivity contribution < 1.29 is 14.6 Å². The molecule has 0 amide bonds. The van der Waals surface area contributed by atoms with Gasteiger partial charge in [0.15, 0.2) is 11.5 Å². The second-order valence-corrected chi connectivity index (χ2v) is 8.49. The Morgan fingerprint density at radius 2 is 1.77 bits per heavy atom. The lowest BCUT2D eigenvalue weighted by Crippen LogP contribution is -2.33. The second-order valence-electron chi connectivity index (χ2n) is 7.20. The van der Waals surface area contributed by atoms with Crippen molar-refractivity contribution in [3.63, 3.8) is 0 Å². The summed E-state index contributed by atoms with van der Waals surface area (Å²) in [6, 6.07) is 18.9. The number of phenolic OH excluding ortho intramolecular Hbond substituents is 1. The lowest BCUT2D eigenvalue weighted by Gasteiger charge is -2.31. The van der Waals surface area contributed by atoms with E-state index < -0.39 is 0 Å². The summed E-state index contributed by atoms with van der Waals surface area (Å²) in [6.45, 7) is 0. The predicted molar refractivity (Wildman–Crippen MR) is 127 cm³/mol. The molecule has 2 unspecified atom stereocenters. The molecule has 0 radical (unpaired) electrons. The number of hydrogen-bond acceptors (Lipinski definition) is 5. The number of para-hydroxylation sites is 1. The van der Waals surface area contributed by atoms with Crippen molar-refractivity contribution in [3.05, 3.63) is 86.8 Å². The Hall–Kier alpha value is -2.54. The number of rotatable bonds is 5. The molecule has 1 heterocycles. The van der Waals surface area contributed by atoms with Gasteiger partial charge in [-0.25, -0.2) is 0 Å². The van der Waals surface area contributed by atoms with Crippen molar-refractivity contribution in [1.29, 1.82) is 0 Å². The molecule has 0 fully saturated rings. The molecule has 3 aromatic carbocycles. The Bertz CT molecular complexity index is 1120. The zero-order valence-electron chi connectivity index (χ0n) is 17.1. The van der Waals surface area contributed by atoms with E-state index in [2.05, 4.69) is 21.2 Å². The van der Waals surface area contributed by atoms with Crippen LogP contribution >= 0.6 is 27.5 Å². The minimum absolute atomic E-state index is 0.134. The van der Waals surface area contributed by atoms with Gasteiger partial charge in [-0.3, -0.25) is 10.3 Å². The number of aromatic hydroxyl groups is 1. The lowest BCUT2D eigenvalue weighted by molar-refractivity contribution is 0.360. The number of benzene rings is 3. The van der Waals surface area contributed by atoms with Gasteiger partial charge in [-0.2, -0.15) is 0 Å². The molecule has 160 valence electrons. The highest BCUT2D eigenvalue weighted by Crippen LogP contribution is 2.39. The highest BCUT2D eigenvalue weighted by molar-refractivity contribution is 9.10. The molecular weight excluding hydrogens is 480 g/mol. The van der Waals surface area contributed by atoms with Crippen LogP contribution in [0.1, 0.15) is 35.3 Å². The van der Waals surface area contributed by atoms with E-state index in [0.29, 0.717) is 17.2 Å². The van der Waals surface area contributed by atoms with Crippen molar-refractivity contribution in [2.24, 2.45) is 4.99 Å². The zero-order valence-corrected chi connectivity index (χ0v) is 19.4. The minimum Gasteiger partial charge on any atom is -0.504 e. The quantitative estimate of drug-likeness (QED) is 0.447. The predicted octanol–water partition coefficient (Wildman–Crippen LogP) is 6.05. The van der Waals surface area contributed by atoms with Gasteiger partial charge in [-0.05, 0) is 57.4 Å². The number of ether oxygens (including phenoxy) is 2. The SMILES string of the molecule is COc1ccc(C2N=C(c3ccc(Cl)cc3)CC(c3cccc(OC)c3O)N2)cc1Br. The molecule has 0 aliphatic carbocycles. The number of hydrogen-bond donors (Lipinski definition) is 2. The summed E-state index contributed by atoms with van der Waals surface area (Å²) in [5.41, 5.74) is 3.67. The number of nitrogens with zero attached hydrogens (tertiary/aromatic N) is 1. The van der Waals surface area contributed by atoms with Crippen molar-refractivity contribution >= 4 is 33.2 Å². The summed E-state index contributed by atoms with van der Waals surface area (Å²) in [5, 5.41) is 15.0. The van der Waals surface area contributed by atoms with Gasteiger partial charge in [0.1, 0.15) is 11.9 Å². The van der Waals surface area contributed by atoms with Crippen molar-refractivity contribution in [3.8, 4) is 17.2 Å². The normalized spacial score (nSPS) is 18.4. The maximum atomic E-state index is 10.8. The molecular formula is C24H22BrClN2O3.